The van der Waals surface area contributed by atoms with Gasteiger partial charge in [0.15, 0.2) is 0 Å². The van der Waals surface area contributed by atoms with Gasteiger partial charge in [-0.1, -0.05) is 29.8 Å². The number of amides is 1. The van der Waals surface area contributed by atoms with Gasteiger partial charge in [0.25, 0.3) is 0 Å². The number of hydrogen-bond donors (Lipinski definition) is 1. The Balaban J connectivity index is 1.86. The van der Waals surface area contributed by atoms with Gasteiger partial charge in [-0.3, -0.25) is 9.59 Å². The zero-order valence-corrected chi connectivity index (χ0v) is 13.3. The van der Waals surface area contributed by atoms with E-state index in [0.717, 1.165) is 16.8 Å². The van der Waals surface area contributed by atoms with Crippen LogP contribution < -0.4 is 0 Å². The smallest absolute Gasteiger partial charge is 0.303 e. The molecule has 0 aliphatic carbocycles. The molecule has 1 N–H and O–H groups in total. The van der Waals surface area contributed by atoms with E-state index in [2.05, 4.69) is 5.10 Å². The number of rotatable bonds is 5. The lowest BCUT2D eigenvalue weighted by Crippen LogP contribution is -2.27. The fourth-order valence-corrected chi connectivity index (χ4v) is 2.69. The maximum Gasteiger partial charge on any atom is 0.303 e. The SMILES string of the molecule is Cc1ccc(C2=NN(C(=O)CCC(=O)O)C(c3ccco3)C2)cc1. The lowest BCUT2D eigenvalue weighted by Gasteiger charge is -2.19. The minimum atomic E-state index is -1.00. The highest BCUT2D eigenvalue weighted by atomic mass is 16.4. The largest absolute Gasteiger partial charge is 0.481 e. The molecule has 0 bridgehead atoms. The van der Waals surface area contributed by atoms with Gasteiger partial charge in [-0.05, 0) is 24.6 Å². The van der Waals surface area contributed by atoms with Gasteiger partial charge in [0.05, 0.1) is 18.4 Å². The average Bonchev–Trinajstić information content (AvgIpc) is 3.22. The van der Waals surface area contributed by atoms with E-state index in [0.29, 0.717) is 12.2 Å². The Hall–Kier alpha value is -2.89. The molecule has 0 radical (unpaired) electrons. The summed E-state index contributed by atoms with van der Waals surface area (Å²) in [5.74, 6) is -0.676. The van der Waals surface area contributed by atoms with E-state index in [1.54, 1.807) is 18.4 Å². The van der Waals surface area contributed by atoms with Gasteiger partial charge in [-0.2, -0.15) is 5.10 Å². The summed E-state index contributed by atoms with van der Waals surface area (Å²) in [6.07, 6.45) is 1.79. The number of aryl methyl sites for hydroxylation is 1. The van der Waals surface area contributed by atoms with E-state index in [1.807, 2.05) is 31.2 Å². The Morgan fingerprint density at radius 1 is 1.25 bits per heavy atom. The van der Waals surface area contributed by atoms with E-state index in [-0.39, 0.29) is 24.8 Å². The molecule has 6 nitrogen and oxygen atoms in total. The molecule has 3 rings (SSSR count). The van der Waals surface area contributed by atoms with Gasteiger partial charge in [0.1, 0.15) is 11.8 Å². The predicted molar refractivity (Wildman–Crippen MR) is 87.5 cm³/mol. The summed E-state index contributed by atoms with van der Waals surface area (Å²) >= 11 is 0. The number of hydrogen-bond acceptors (Lipinski definition) is 4. The Morgan fingerprint density at radius 3 is 2.62 bits per heavy atom. The quantitative estimate of drug-likeness (QED) is 0.915. The number of nitrogens with zero attached hydrogens (tertiary/aromatic N) is 2. The molecule has 1 aromatic heterocycles. The van der Waals surface area contributed by atoms with Crippen LogP contribution in [0.5, 0.6) is 0 Å². The van der Waals surface area contributed by atoms with E-state index >= 15 is 0 Å². The van der Waals surface area contributed by atoms with E-state index < -0.39 is 5.97 Å². The predicted octanol–water partition coefficient (Wildman–Crippen LogP) is 3.13. The molecule has 1 atom stereocenters. The van der Waals surface area contributed by atoms with Gasteiger partial charge in [-0.15, -0.1) is 0 Å². The van der Waals surface area contributed by atoms with Crippen molar-refractivity contribution in [1.82, 2.24) is 5.01 Å². The summed E-state index contributed by atoms with van der Waals surface area (Å²) in [6, 6.07) is 11.2. The Kier molecular flexibility index (Phi) is 4.46. The molecule has 1 aliphatic heterocycles. The van der Waals surface area contributed by atoms with Crippen molar-refractivity contribution in [2.75, 3.05) is 0 Å². The molecule has 1 aliphatic rings. The number of carboxylic acid groups (broad SMARTS) is 1. The molecule has 0 fully saturated rings. The van der Waals surface area contributed by atoms with Crippen LogP contribution in [0.15, 0.2) is 52.2 Å². The number of aliphatic carboxylic acids is 1. The van der Waals surface area contributed by atoms with Crippen LogP contribution in [0.4, 0.5) is 0 Å². The molecular weight excluding hydrogens is 308 g/mol. The normalized spacial score (nSPS) is 17.0. The topological polar surface area (TPSA) is 83.1 Å². The third-order valence-electron chi connectivity index (χ3n) is 3.98. The second-order valence-electron chi connectivity index (χ2n) is 5.78. The third kappa shape index (κ3) is 3.37. The number of carboxylic acids is 1. The summed E-state index contributed by atoms with van der Waals surface area (Å²) in [7, 11) is 0. The summed E-state index contributed by atoms with van der Waals surface area (Å²) in [5.41, 5.74) is 2.89. The minimum Gasteiger partial charge on any atom is -0.481 e. The highest BCUT2D eigenvalue weighted by Crippen LogP contribution is 2.33. The molecule has 0 spiro atoms. The van der Waals surface area contributed by atoms with Crippen LogP contribution in [0.2, 0.25) is 0 Å². The summed E-state index contributed by atoms with van der Waals surface area (Å²) < 4.78 is 5.44. The Bertz CT molecular complexity index is 763. The van der Waals surface area contributed by atoms with Gasteiger partial charge < -0.3 is 9.52 Å². The summed E-state index contributed by atoms with van der Waals surface area (Å²) in [6.45, 7) is 2.01. The fraction of sp³-hybridized carbons (Fsp3) is 0.278. The minimum absolute atomic E-state index is 0.0861. The maximum absolute atomic E-state index is 12.4. The zero-order chi connectivity index (χ0) is 17.1. The average molecular weight is 326 g/mol. The van der Waals surface area contributed by atoms with Crippen LogP contribution in [0, 0.1) is 6.92 Å². The summed E-state index contributed by atoms with van der Waals surface area (Å²) in [4.78, 5) is 23.1. The third-order valence-corrected chi connectivity index (χ3v) is 3.98. The van der Waals surface area contributed by atoms with Gasteiger partial charge in [0, 0.05) is 12.8 Å². The molecule has 2 aromatic rings. The first kappa shape index (κ1) is 16.0. The molecule has 124 valence electrons. The van der Waals surface area contributed by atoms with Crippen molar-refractivity contribution in [1.29, 1.82) is 0 Å². The van der Waals surface area contributed by atoms with Crippen LogP contribution in [0.25, 0.3) is 0 Å². The van der Waals surface area contributed by atoms with Crippen LogP contribution in [-0.4, -0.2) is 27.7 Å². The van der Waals surface area contributed by atoms with Gasteiger partial charge in [0.2, 0.25) is 5.91 Å². The van der Waals surface area contributed by atoms with Crippen molar-refractivity contribution in [3.05, 3.63) is 59.5 Å². The van der Waals surface area contributed by atoms with Crippen LogP contribution >= 0.6 is 0 Å². The molecule has 0 saturated heterocycles. The first-order valence-corrected chi connectivity index (χ1v) is 7.76. The zero-order valence-electron chi connectivity index (χ0n) is 13.3. The lowest BCUT2D eigenvalue weighted by atomic mass is 10.0. The van der Waals surface area contributed by atoms with E-state index in [1.165, 1.54) is 5.01 Å². The monoisotopic (exact) mass is 326 g/mol. The van der Waals surface area contributed by atoms with Gasteiger partial charge >= 0.3 is 5.97 Å². The molecule has 2 heterocycles. The van der Waals surface area contributed by atoms with Crippen molar-refractivity contribution in [2.45, 2.75) is 32.2 Å². The number of benzene rings is 1. The number of furan rings is 1. The number of carbonyl (C=O) groups excluding carboxylic acids is 1. The molecule has 1 unspecified atom stereocenters. The Morgan fingerprint density at radius 2 is 2.00 bits per heavy atom. The highest BCUT2D eigenvalue weighted by Gasteiger charge is 2.34. The standard InChI is InChI=1S/C18H18N2O4/c1-12-4-6-13(7-5-12)14-11-15(16-3-2-10-24-16)20(19-14)17(21)8-9-18(22)23/h2-7,10,15H,8-9,11H2,1H3,(H,22,23). The van der Waals surface area contributed by atoms with Crippen molar-refractivity contribution >= 4 is 17.6 Å². The van der Waals surface area contributed by atoms with E-state index in [4.69, 9.17) is 9.52 Å². The second-order valence-corrected chi connectivity index (χ2v) is 5.78. The first-order chi connectivity index (χ1) is 11.5. The second kappa shape index (κ2) is 6.70. The molecule has 24 heavy (non-hydrogen) atoms. The van der Waals surface area contributed by atoms with Crippen LogP contribution in [0.3, 0.4) is 0 Å². The molecule has 6 heteroatoms. The number of hydrazone groups is 1. The van der Waals surface area contributed by atoms with Crippen LogP contribution in [0.1, 0.15) is 42.2 Å². The maximum atomic E-state index is 12.4. The van der Waals surface area contributed by atoms with Gasteiger partial charge in [-0.25, -0.2) is 5.01 Å². The fourth-order valence-electron chi connectivity index (χ4n) is 2.69. The van der Waals surface area contributed by atoms with Crippen LogP contribution in [-0.2, 0) is 9.59 Å². The van der Waals surface area contributed by atoms with E-state index in [9.17, 15) is 9.59 Å². The molecule has 0 saturated carbocycles. The summed E-state index contributed by atoms with van der Waals surface area (Å²) in [5, 5.41) is 14.6. The number of carbonyl (C=O) groups is 2. The van der Waals surface area contributed by atoms with Crippen molar-refractivity contribution in [2.24, 2.45) is 5.10 Å². The van der Waals surface area contributed by atoms with Crippen molar-refractivity contribution in [3.8, 4) is 0 Å². The molecule has 1 amide bonds. The first-order valence-electron chi connectivity index (χ1n) is 7.76. The highest BCUT2D eigenvalue weighted by molar-refractivity contribution is 6.03. The molecule has 1 aromatic carbocycles. The lowest BCUT2D eigenvalue weighted by molar-refractivity contribution is -0.141. The molecular formula is C18H18N2O4. The van der Waals surface area contributed by atoms with Crippen molar-refractivity contribution < 1.29 is 19.1 Å². The van der Waals surface area contributed by atoms with Crippen molar-refractivity contribution in [3.63, 3.8) is 0 Å². The Labute approximate surface area is 139 Å².